The van der Waals surface area contributed by atoms with Gasteiger partial charge in [0.2, 0.25) is 0 Å². The van der Waals surface area contributed by atoms with Crippen molar-refractivity contribution in [3.05, 3.63) is 24.0 Å². The van der Waals surface area contributed by atoms with Gasteiger partial charge in [-0.3, -0.25) is 4.98 Å². The molecule has 3 rings (SSSR count). The van der Waals surface area contributed by atoms with E-state index in [1.807, 2.05) is 6.20 Å². The van der Waals surface area contributed by atoms with E-state index in [4.69, 9.17) is 10.5 Å². The maximum absolute atomic E-state index is 6.03. The molecule has 0 aromatic carbocycles. The van der Waals surface area contributed by atoms with Gasteiger partial charge >= 0.3 is 0 Å². The monoisotopic (exact) mass is 275 g/mol. The second kappa shape index (κ2) is 6.10. The summed E-state index contributed by atoms with van der Waals surface area (Å²) in [4.78, 5) is 7.04. The maximum atomic E-state index is 6.03. The first-order chi connectivity index (χ1) is 9.79. The number of rotatable bonds is 3. The Labute approximate surface area is 121 Å². The number of anilines is 1. The minimum atomic E-state index is 0.0520. The highest BCUT2D eigenvalue weighted by Crippen LogP contribution is 2.31. The zero-order valence-corrected chi connectivity index (χ0v) is 12.3. The van der Waals surface area contributed by atoms with E-state index in [0.29, 0.717) is 12.1 Å². The molecule has 1 aliphatic heterocycles. The fourth-order valence-electron chi connectivity index (χ4n) is 3.41. The van der Waals surface area contributed by atoms with Crippen molar-refractivity contribution in [1.82, 2.24) is 4.98 Å². The van der Waals surface area contributed by atoms with Gasteiger partial charge in [0, 0.05) is 12.6 Å². The van der Waals surface area contributed by atoms with Crippen LogP contribution in [0.15, 0.2) is 18.3 Å². The lowest BCUT2D eigenvalue weighted by atomic mass is 9.90. The second-order valence-electron chi connectivity index (χ2n) is 5.91. The molecule has 3 atom stereocenters. The summed E-state index contributed by atoms with van der Waals surface area (Å²) >= 11 is 0. The topological polar surface area (TPSA) is 51.4 Å². The van der Waals surface area contributed by atoms with Gasteiger partial charge < -0.3 is 15.4 Å². The predicted octanol–water partition coefficient (Wildman–Crippen LogP) is 2.64. The number of nitrogens with two attached hydrogens (primary N) is 1. The zero-order chi connectivity index (χ0) is 13.9. The Kier molecular flexibility index (Phi) is 4.22. The first-order valence-electron chi connectivity index (χ1n) is 7.89. The highest BCUT2D eigenvalue weighted by atomic mass is 16.5. The lowest BCUT2D eigenvalue weighted by molar-refractivity contribution is -0.00870. The van der Waals surface area contributed by atoms with Crippen LogP contribution >= 0.6 is 0 Å². The van der Waals surface area contributed by atoms with Gasteiger partial charge in [0.05, 0.1) is 36.3 Å². The van der Waals surface area contributed by atoms with E-state index in [1.54, 1.807) is 0 Å². The first kappa shape index (κ1) is 13.8. The van der Waals surface area contributed by atoms with Gasteiger partial charge in [-0.2, -0.15) is 0 Å². The van der Waals surface area contributed by atoms with Crippen LogP contribution in [-0.2, 0) is 4.74 Å². The molecule has 20 heavy (non-hydrogen) atoms. The number of morpholine rings is 1. The van der Waals surface area contributed by atoms with Gasteiger partial charge in [0.1, 0.15) is 0 Å². The number of aromatic nitrogens is 1. The van der Waals surface area contributed by atoms with E-state index in [-0.39, 0.29) is 6.04 Å². The van der Waals surface area contributed by atoms with Gasteiger partial charge in [0.15, 0.2) is 0 Å². The molecular weight excluding hydrogens is 250 g/mol. The van der Waals surface area contributed by atoms with Crippen molar-refractivity contribution >= 4 is 5.69 Å². The molecular formula is C16H25N3O. The second-order valence-corrected chi connectivity index (χ2v) is 5.91. The summed E-state index contributed by atoms with van der Waals surface area (Å²) < 4.78 is 5.93. The molecule has 2 fully saturated rings. The van der Waals surface area contributed by atoms with E-state index >= 15 is 0 Å². The summed E-state index contributed by atoms with van der Waals surface area (Å²) in [6.07, 6.45) is 8.38. The van der Waals surface area contributed by atoms with E-state index in [0.717, 1.165) is 25.3 Å². The lowest BCUT2D eigenvalue weighted by Crippen LogP contribution is -2.52. The summed E-state index contributed by atoms with van der Waals surface area (Å²) in [6.45, 7) is 3.90. The molecule has 4 nitrogen and oxygen atoms in total. The molecule has 0 amide bonds. The third-order valence-corrected chi connectivity index (χ3v) is 4.65. The molecule has 4 heteroatoms. The summed E-state index contributed by atoms with van der Waals surface area (Å²) in [5.41, 5.74) is 8.24. The quantitative estimate of drug-likeness (QED) is 0.921. The molecule has 0 spiro atoms. The van der Waals surface area contributed by atoms with E-state index < -0.39 is 0 Å². The minimum absolute atomic E-state index is 0.0520. The van der Waals surface area contributed by atoms with Crippen molar-refractivity contribution in [3.63, 3.8) is 0 Å². The maximum Gasteiger partial charge on any atom is 0.0779 e. The molecule has 1 aliphatic carbocycles. The van der Waals surface area contributed by atoms with E-state index in [9.17, 15) is 0 Å². The molecule has 0 bridgehead atoms. The van der Waals surface area contributed by atoms with Crippen LogP contribution in [0, 0.1) is 0 Å². The SMILES string of the molecule is CCC(N)c1ccc(N2CCOC3CCCCC32)cn1. The smallest absolute Gasteiger partial charge is 0.0779 e. The largest absolute Gasteiger partial charge is 0.374 e. The van der Waals surface area contributed by atoms with Gasteiger partial charge in [-0.1, -0.05) is 19.8 Å². The molecule has 2 aliphatic rings. The molecule has 1 aromatic rings. The van der Waals surface area contributed by atoms with Crippen molar-refractivity contribution in [1.29, 1.82) is 0 Å². The van der Waals surface area contributed by atoms with Crippen LogP contribution in [-0.4, -0.2) is 30.3 Å². The third-order valence-electron chi connectivity index (χ3n) is 4.65. The predicted molar refractivity (Wildman–Crippen MR) is 80.8 cm³/mol. The number of fused-ring (bicyclic) bond motifs is 1. The van der Waals surface area contributed by atoms with Crippen LogP contribution in [0.25, 0.3) is 0 Å². The Bertz CT molecular complexity index is 432. The molecule has 110 valence electrons. The Morgan fingerprint density at radius 1 is 1.40 bits per heavy atom. The molecule has 1 aromatic heterocycles. The van der Waals surface area contributed by atoms with Crippen LogP contribution in [0.2, 0.25) is 0 Å². The van der Waals surface area contributed by atoms with Crippen LogP contribution in [0.5, 0.6) is 0 Å². The van der Waals surface area contributed by atoms with Crippen molar-refractivity contribution < 1.29 is 4.74 Å². The molecule has 3 unspecified atom stereocenters. The molecule has 1 saturated heterocycles. The number of nitrogens with zero attached hydrogens (tertiary/aromatic N) is 2. The number of hydrogen-bond donors (Lipinski definition) is 1. The van der Waals surface area contributed by atoms with Gasteiger partial charge in [-0.25, -0.2) is 0 Å². The van der Waals surface area contributed by atoms with Crippen molar-refractivity contribution in [3.8, 4) is 0 Å². The van der Waals surface area contributed by atoms with Crippen LogP contribution in [0.1, 0.15) is 50.8 Å². The Morgan fingerprint density at radius 2 is 2.25 bits per heavy atom. The van der Waals surface area contributed by atoms with Crippen molar-refractivity contribution in [2.45, 2.75) is 57.2 Å². The summed E-state index contributed by atoms with van der Waals surface area (Å²) in [5.74, 6) is 0. The normalized spacial score (nSPS) is 28.0. The zero-order valence-electron chi connectivity index (χ0n) is 12.3. The van der Waals surface area contributed by atoms with E-state index in [1.165, 1.54) is 31.4 Å². The molecule has 1 saturated carbocycles. The Hall–Kier alpha value is -1.13. The standard InChI is InChI=1S/C16H25N3O/c1-2-13(17)14-8-7-12(11-18-14)19-9-10-20-16-6-4-3-5-15(16)19/h7-8,11,13,15-16H,2-6,9-10,17H2,1H3. The highest BCUT2D eigenvalue weighted by molar-refractivity contribution is 5.47. The third kappa shape index (κ3) is 2.67. The Morgan fingerprint density at radius 3 is 3.00 bits per heavy atom. The van der Waals surface area contributed by atoms with Crippen molar-refractivity contribution in [2.24, 2.45) is 5.73 Å². The summed E-state index contributed by atoms with van der Waals surface area (Å²) in [7, 11) is 0. The fraction of sp³-hybridized carbons (Fsp3) is 0.688. The van der Waals surface area contributed by atoms with Gasteiger partial charge in [-0.15, -0.1) is 0 Å². The average Bonchev–Trinajstić information content (AvgIpc) is 2.54. The first-order valence-corrected chi connectivity index (χ1v) is 7.89. The summed E-state index contributed by atoms with van der Waals surface area (Å²) in [5, 5.41) is 0. The Balaban J connectivity index is 1.77. The lowest BCUT2D eigenvalue weighted by Gasteiger charge is -2.45. The number of hydrogen-bond acceptors (Lipinski definition) is 4. The van der Waals surface area contributed by atoms with Gasteiger partial charge in [-0.05, 0) is 31.4 Å². The summed E-state index contributed by atoms with van der Waals surface area (Å²) in [6, 6.07) is 4.84. The van der Waals surface area contributed by atoms with Gasteiger partial charge in [0.25, 0.3) is 0 Å². The molecule has 0 radical (unpaired) electrons. The fourth-order valence-corrected chi connectivity index (χ4v) is 3.41. The van der Waals surface area contributed by atoms with Crippen LogP contribution in [0.4, 0.5) is 5.69 Å². The highest BCUT2D eigenvalue weighted by Gasteiger charge is 2.34. The average molecular weight is 275 g/mol. The number of pyridine rings is 1. The molecule has 2 heterocycles. The number of ether oxygens (including phenoxy) is 1. The van der Waals surface area contributed by atoms with Crippen LogP contribution < -0.4 is 10.6 Å². The van der Waals surface area contributed by atoms with E-state index in [2.05, 4.69) is 28.9 Å². The van der Waals surface area contributed by atoms with Crippen LogP contribution in [0.3, 0.4) is 0 Å². The minimum Gasteiger partial charge on any atom is -0.374 e. The van der Waals surface area contributed by atoms with Crippen molar-refractivity contribution in [2.75, 3.05) is 18.1 Å². The molecule has 2 N–H and O–H groups in total.